The number of aliphatic hydroxyl groups excluding tert-OH is 2. The van der Waals surface area contributed by atoms with Gasteiger partial charge >= 0.3 is 0 Å². The fourth-order valence-electron chi connectivity index (χ4n) is 3.85. The summed E-state index contributed by atoms with van der Waals surface area (Å²) >= 11 is 5.97. The maximum absolute atomic E-state index is 10.9. The Morgan fingerprint density at radius 1 is 1.11 bits per heavy atom. The molecule has 5 nitrogen and oxygen atoms in total. The van der Waals surface area contributed by atoms with Gasteiger partial charge in [0.25, 0.3) is 0 Å². The Balaban J connectivity index is 1.52. The number of fused-ring (bicyclic) bond motifs is 1. The van der Waals surface area contributed by atoms with E-state index >= 15 is 0 Å². The van der Waals surface area contributed by atoms with Crippen LogP contribution in [0.1, 0.15) is 42.2 Å². The molecule has 2 heterocycles. The first-order valence-corrected chi connectivity index (χ1v) is 9.82. The van der Waals surface area contributed by atoms with Crippen molar-refractivity contribution in [1.29, 1.82) is 0 Å². The molecule has 6 heteroatoms. The van der Waals surface area contributed by atoms with Crippen LogP contribution < -0.4 is 0 Å². The Morgan fingerprint density at radius 3 is 2.50 bits per heavy atom. The van der Waals surface area contributed by atoms with Gasteiger partial charge in [0.15, 0.2) is 12.1 Å². The second kappa shape index (κ2) is 7.41. The standard InChI is InChI=1S/C22H25ClO5/c1-12-4-7-14(11-15(12)10-13-5-8-16(23)9-6-13)17(24)19-18(25)20-21(26-19)28-22(2,3)27-20/h4-9,11,17-21,24-25H,10H2,1-3H3/t17?,18?,19?,20?,21-/m0/s1. The Morgan fingerprint density at radius 2 is 1.82 bits per heavy atom. The Labute approximate surface area is 169 Å². The molecule has 0 bridgehead atoms. The summed E-state index contributed by atoms with van der Waals surface area (Å²) in [6.07, 6.45) is -3.32. The van der Waals surface area contributed by atoms with Gasteiger partial charge in [0, 0.05) is 5.02 Å². The Kier molecular flexibility index (Phi) is 5.25. The summed E-state index contributed by atoms with van der Waals surface area (Å²) in [5.74, 6) is -0.804. The third kappa shape index (κ3) is 3.83. The van der Waals surface area contributed by atoms with Crippen LogP contribution >= 0.6 is 11.6 Å². The number of hydrogen-bond donors (Lipinski definition) is 2. The van der Waals surface area contributed by atoms with E-state index in [4.69, 9.17) is 25.8 Å². The molecule has 4 unspecified atom stereocenters. The largest absolute Gasteiger partial charge is 0.387 e. The summed E-state index contributed by atoms with van der Waals surface area (Å²) in [5.41, 5.74) is 4.05. The molecule has 0 amide bonds. The molecule has 2 aromatic rings. The predicted octanol–water partition coefficient (Wildman–Crippen LogP) is 3.51. The molecule has 2 N–H and O–H groups in total. The van der Waals surface area contributed by atoms with Crippen LogP contribution in [0.3, 0.4) is 0 Å². The molecule has 2 saturated heterocycles. The number of benzene rings is 2. The molecule has 28 heavy (non-hydrogen) atoms. The van der Waals surface area contributed by atoms with Crippen molar-refractivity contribution in [2.75, 3.05) is 0 Å². The molecular weight excluding hydrogens is 380 g/mol. The van der Waals surface area contributed by atoms with E-state index in [9.17, 15) is 10.2 Å². The number of rotatable bonds is 4. The van der Waals surface area contributed by atoms with E-state index in [1.54, 1.807) is 13.8 Å². The molecule has 150 valence electrons. The number of aliphatic hydroxyl groups is 2. The van der Waals surface area contributed by atoms with Crippen molar-refractivity contribution in [3.8, 4) is 0 Å². The lowest BCUT2D eigenvalue weighted by molar-refractivity contribution is -0.226. The first kappa shape index (κ1) is 19.8. The van der Waals surface area contributed by atoms with E-state index in [2.05, 4.69) is 0 Å². The normalized spacial score (nSPS) is 29.6. The monoisotopic (exact) mass is 404 g/mol. The molecule has 2 fully saturated rings. The summed E-state index contributed by atoms with van der Waals surface area (Å²) in [7, 11) is 0. The van der Waals surface area contributed by atoms with Gasteiger partial charge in [0.2, 0.25) is 0 Å². The van der Waals surface area contributed by atoms with Crippen molar-refractivity contribution < 1.29 is 24.4 Å². The topological polar surface area (TPSA) is 68.2 Å². The van der Waals surface area contributed by atoms with Crippen molar-refractivity contribution in [3.63, 3.8) is 0 Å². The van der Waals surface area contributed by atoms with Crippen molar-refractivity contribution >= 4 is 11.6 Å². The van der Waals surface area contributed by atoms with Crippen molar-refractivity contribution in [2.45, 2.75) is 63.7 Å². The molecule has 0 radical (unpaired) electrons. The lowest BCUT2D eigenvalue weighted by Crippen LogP contribution is -2.37. The molecule has 0 spiro atoms. The highest BCUT2D eigenvalue weighted by Crippen LogP contribution is 2.41. The molecule has 2 aliphatic heterocycles. The van der Waals surface area contributed by atoms with E-state index in [0.29, 0.717) is 10.6 Å². The van der Waals surface area contributed by atoms with Crippen LogP contribution in [-0.2, 0) is 20.6 Å². The summed E-state index contributed by atoms with van der Waals surface area (Å²) in [6, 6.07) is 13.5. The quantitative estimate of drug-likeness (QED) is 0.816. The number of ether oxygens (including phenoxy) is 3. The van der Waals surface area contributed by atoms with E-state index < -0.39 is 36.5 Å². The van der Waals surface area contributed by atoms with Gasteiger partial charge in [-0.3, -0.25) is 0 Å². The number of aryl methyl sites for hydroxylation is 1. The van der Waals surface area contributed by atoms with Crippen LogP contribution in [0, 0.1) is 6.92 Å². The van der Waals surface area contributed by atoms with E-state index in [-0.39, 0.29) is 0 Å². The minimum atomic E-state index is -0.986. The molecule has 4 rings (SSSR count). The van der Waals surface area contributed by atoms with E-state index in [0.717, 1.165) is 23.1 Å². The van der Waals surface area contributed by atoms with Crippen molar-refractivity contribution in [2.24, 2.45) is 0 Å². The molecule has 2 aliphatic rings. The fraction of sp³-hybridized carbons (Fsp3) is 0.455. The highest BCUT2D eigenvalue weighted by molar-refractivity contribution is 6.30. The molecular formula is C22H25ClO5. The number of halogens is 1. The predicted molar refractivity (Wildman–Crippen MR) is 105 cm³/mol. The van der Waals surface area contributed by atoms with Gasteiger partial charge in [-0.05, 0) is 61.6 Å². The highest BCUT2D eigenvalue weighted by Gasteiger charge is 2.56. The average molecular weight is 405 g/mol. The van der Waals surface area contributed by atoms with Gasteiger partial charge in [-0.1, -0.05) is 41.9 Å². The Bertz CT molecular complexity index is 851. The number of hydrogen-bond acceptors (Lipinski definition) is 5. The highest BCUT2D eigenvalue weighted by atomic mass is 35.5. The van der Waals surface area contributed by atoms with E-state index in [1.165, 1.54) is 0 Å². The van der Waals surface area contributed by atoms with Crippen molar-refractivity contribution in [3.05, 3.63) is 69.7 Å². The van der Waals surface area contributed by atoms with Crippen molar-refractivity contribution in [1.82, 2.24) is 0 Å². The second-order valence-corrected chi connectivity index (χ2v) is 8.43. The molecule has 0 saturated carbocycles. The summed E-state index contributed by atoms with van der Waals surface area (Å²) in [5, 5.41) is 22.2. The summed E-state index contributed by atoms with van der Waals surface area (Å²) < 4.78 is 17.2. The lowest BCUT2D eigenvalue weighted by Gasteiger charge is -2.26. The van der Waals surface area contributed by atoms with Gasteiger partial charge in [-0.25, -0.2) is 0 Å². The maximum Gasteiger partial charge on any atom is 0.190 e. The molecule has 0 aliphatic carbocycles. The minimum Gasteiger partial charge on any atom is -0.387 e. The fourth-order valence-corrected chi connectivity index (χ4v) is 3.98. The third-order valence-corrected chi connectivity index (χ3v) is 5.64. The zero-order valence-corrected chi connectivity index (χ0v) is 16.9. The van der Waals surface area contributed by atoms with Crippen LogP contribution in [0.5, 0.6) is 0 Å². The minimum absolute atomic E-state index is 0.603. The van der Waals surface area contributed by atoms with Crippen LogP contribution in [0.2, 0.25) is 5.02 Å². The van der Waals surface area contributed by atoms with E-state index in [1.807, 2.05) is 49.4 Å². The van der Waals surface area contributed by atoms with Gasteiger partial charge in [0.1, 0.15) is 24.4 Å². The lowest BCUT2D eigenvalue weighted by atomic mass is 9.93. The third-order valence-electron chi connectivity index (χ3n) is 5.39. The smallest absolute Gasteiger partial charge is 0.190 e. The first-order valence-electron chi connectivity index (χ1n) is 9.44. The maximum atomic E-state index is 10.9. The van der Waals surface area contributed by atoms with Crippen LogP contribution in [-0.4, -0.2) is 40.6 Å². The Hall–Kier alpha value is -1.47. The van der Waals surface area contributed by atoms with Crippen LogP contribution in [0.15, 0.2) is 42.5 Å². The first-order chi connectivity index (χ1) is 13.2. The van der Waals surface area contributed by atoms with Crippen LogP contribution in [0.4, 0.5) is 0 Å². The van der Waals surface area contributed by atoms with Gasteiger partial charge < -0.3 is 24.4 Å². The van der Waals surface area contributed by atoms with Gasteiger partial charge in [-0.15, -0.1) is 0 Å². The summed E-state index contributed by atoms with van der Waals surface area (Å²) in [4.78, 5) is 0. The van der Waals surface area contributed by atoms with Gasteiger partial charge in [0.05, 0.1) is 0 Å². The zero-order chi connectivity index (χ0) is 20.1. The average Bonchev–Trinajstić information content (AvgIpc) is 3.11. The zero-order valence-electron chi connectivity index (χ0n) is 16.1. The SMILES string of the molecule is Cc1ccc(C(O)C2O[C@H]3OC(C)(C)OC3C2O)cc1Cc1ccc(Cl)cc1. The molecule has 0 aromatic heterocycles. The van der Waals surface area contributed by atoms with Crippen LogP contribution in [0.25, 0.3) is 0 Å². The molecule has 2 aromatic carbocycles. The van der Waals surface area contributed by atoms with Gasteiger partial charge in [-0.2, -0.15) is 0 Å². The molecule has 5 atom stereocenters. The summed E-state index contributed by atoms with van der Waals surface area (Å²) in [6.45, 7) is 5.59. The second-order valence-electron chi connectivity index (χ2n) is 7.99.